The number of nitrogens with one attached hydrogen (secondary N) is 1. The molecule has 1 aromatic rings. The summed E-state index contributed by atoms with van der Waals surface area (Å²) in [4.78, 5) is 11.8. The van der Waals surface area contributed by atoms with Gasteiger partial charge in [-0.1, -0.05) is 18.2 Å². The molecule has 3 nitrogen and oxygen atoms in total. The Labute approximate surface area is 115 Å². The number of hydrogen-bond donors (Lipinski definition) is 2. The van der Waals surface area contributed by atoms with Gasteiger partial charge in [-0.25, -0.2) is 0 Å². The molecule has 0 radical (unpaired) electrons. The van der Waals surface area contributed by atoms with E-state index in [-0.39, 0.29) is 12.5 Å². The zero-order valence-electron chi connectivity index (χ0n) is 11.5. The normalized spacial score (nSPS) is 13.9. The lowest BCUT2D eigenvalue weighted by Crippen LogP contribution is -2.26. The number of aryl methyl sites for hydroxylation is 2. The fourth-order valence-electron chi connectivity index (χ4n) is 2.61. The van der Waals surface area contributed by atoms with Crippen molar-refractivity contribution in [2.24, 2.45) is 0 Å². The largest absolute Gasteiger partial charge is 0.396 e. The lowest BCUT2D eigenvalue weighted by Gasteiger charge is -2.16. The lowest BCUT2D eigenvalue weighted by molar-refractivity contribution is -0.120. The third-order valence-electron chi connectivity index (χ3n) is 3.68. The SMILES string of the molecule is O=C(Cc1ccc2c(c1)CCCC2)NCCCCO. The number of benzene rings is 1. The molecule has 1 aliphatic rings. The van der Waals surface area contributed by atoms with Crippen molar-refractivity contribution < 1.29 is 9.90 Å². The van der Waals surface area contributed by atoms with Crippen molar-refractivity contribution in [2.45, 2.75) is 44.9 Å². The molecular formula is C16H23NO2. The van der Waals surface area contributed by atoms with Crippen molar-refractivity contribution in [1.82, 2.24) is 5.32 Å². The van der Waals surface area contributed by atoms with Crippen LogP contribution in [0.15, 0.2) is 18.2 Å². The van der Waals surface area contributed by atoms with Crippen molar-refractivity contribution in [3.05, 3.63) is 34.9 Å². The Morgan fingerprint density at radius 3 is 2.74 bits per heavy atom. The highest BCUT2D eigenvalue weighted by Crippen LogP contribution is 2.22. The predicted molar refractivity (Wildman–Crippen MR) is 76.1 cm³/mol. The van der Waals surface area contributed by atoms with Crippen LogP contribution < -0.4 is 5.32 Å². The Hall–Kier alpha value is -1.35. The molecule has 3 heteroatoms. The fourth-order valence-corrected chi connectivity index (χ4v) is 2.61. The van der Waals surface area contributed by atoms with E-state index < -0.39 is 0 Å². The Balaban J connectivity index is 1.83. The van der Waals surface area contributed by atoms with Gasteiger partial charge in [0.1, 0.15) is 0 Å². The molecule has 1 aromatic carbocycles. The van der Waals surface area contributed by atoms with Gasteiger partial charge in [0.15, 0.2) is 0 Å². The number of aliphatic hydroxyl groups is 1. The van der Waals surface area contributed by atoms with Crippen LogP contribution >= 0.6 is 0 Å². The minimum Gasteiger partial charge on any atom is -0.396 e. The second kappa shape index (κ2) is 7.29. The van der Waals surface area contributed by atoms with Crippen LogP contribution in [0.4, 0.5) is 0 Å². The minimum absolute atomic E-state index is 0.0775. The fraction of sp³-hybridized carbons (Fsp3) is 0.562. The van der Waals surface area contributed by atoms with E-state index in [9.17, 15) is 4.79 Å². The van der Waals surface area contributed by atoms with Crippen molar-refractivity contribution in [1.29, 1.82) is 0 Å². The topological polar surface area (TPSA) is 49.3 Å². The maximum absolute atomic E-state index is 11.8. The number of rotatable bonds is 6. The summed E-state index contributed by atoms with van der Waals surface area (Å²) in [5.41, 5.74) is 4.00. The molecule has 0 bridgehead atoms. The van der Waals surface area contributed by atoms with Crippen molar-refractivity contribution in [2.75, 3.05) is 13.2 Å². The summed E-state index contributed by atoms with van der Waals surface area (Å²) in [5, 5.41) is 11.6. The van der Waals surface area contributed by atoms with E-state index in [1.165, 1.54) is 30.4 Å². The number of carbonyl (C=O) groups excluding carboxylic acids is 1. The summed E-state index contributed by atoms with van der Waals surface area (Å²) in [6, 6.07) is 6.46. The van der Waals surface area contributed by atoms with Crippen LogP contribution in [0, 0.1) is 0 Å². The molecule has 2 rings (SSSR count). The average Bonchev–Trinajstić information content (AvgIpc) is 2.43. The van der Waals surface area contributed by atoms with Crippen molar-refractivity contribution in [3.8, 4) is 0 Å². The predicted octanol–water partition coefficient (Wildman–Crippen LogP) is 2.00. The summed E-state index contributed by atoms with van der Waals surface area (Å²) in [6.45, 7) is 0.852. The Bertz CT molecular complexity index is 429. The summed E-state index contributed by atoms with van der Waals surface area (Å²) in [7, 11) is 0. The first-order valence-corrected chi connectivity index (χ1v) is 7.28. The van der Waals surface area contributed by atoms with Crippen molar-refractivity contribution in [3.63, 3.8) is 0 Å². The molecule has 0 unspecified atom stereocenters. The summed E-state index contributed by atoms with van der Waals surface area (Å²) < 4.78 is 0. The number of fused-ring (bicyclic) bond motifs is 1. The maximum Gasteiger partial charge on any atom is 0.224 e. The molecule has 0 atom stereocenters. The number of unbranched alkanes of at least 4 members (excludes halogenated alkanes) is 1. The van der Waals surface area contributed by atoms with Gasteiger partial charge in [-0.05, 0) is 55.2 Å². The van der Waals surface area contributed by atoms with E-state index in [2.05, 4.69) is 23.5 Å². The van der Waals surface area contributed by atoms with Gasteiger partial charge < -0.3 is 10.4 Å². The van der Waals surface area contributed by atoms with Crippen LogP contribution in [0.1, 0.15) is 42.4 Å². The van der Waals surface area contributed by atoms with Crippen LogP contribution in [0.3, 0.4) is 0 Å². The summed E-state index contributed by atoms with van der Waals surface area (Å²) in [5.74, 6) is 0.0775. The van der Waals surface area contributed by atoms with E-state index >= 15 is 0 Å². The molecule has 0 saturated carbocycles. The van der Waals surface area contributed by atoms with E-state index in [4.69, 9.17) is 5.11 Å². The molecule has 0 spiro atoms. The van der Waals surface area contributed by atoms with E-state index in [1.807, 2.05) is 0 Å². The van der Waals surface area contributed by atoms with Crippen LogP contribution in [-0.4, -0.2) is 24.2 Å². The second-order valence-electron chi connectivity index (χ2n) is 5.27. The van der Waals surface area contributed by atoms with Crippen LogP contribution in [0.5, 0.6) is 0 Å². The van der Waals surface area contributed by atoms with E-state index in [0.717, 1.165) is 24.8 Å². The van der Waals surface area contributed by atoms with E-state index in [0.29, 0.717) is 13.0 Å². The highest BCUT2D eigenvalue weighted by molar-refractivity contribution is 5.78. The monoisotopic (exact) mass is 261 g/mol. The van der Waals surface area contributed by atoms with Crippen molar-refractivity contribution >= 4 is 5.91 Å². The first-order valence-electron chi connectivity index (χ1n) is 7.28. The quantitative estimate of drug-likeness (QED) is 0.769. The molecule has 0 heterocycles. The second-order valence-corrected chi connectivity index (χ2v) is 5.27. The molecule has 0 aromatic heterocycles. The van der Waals surface area contributed by atoms with Gasteiger partial charge in [0.25, 0.3) is 0 Å². The number of amides is 1. The summed E-state index contributed by atoms with van der Waals surface area (Å²) >= 11 is 0. The lowest BCUT2D eigenvalue weighted by atomic mass is 9.90. The molecule has 19 heavy (non-hydrogen) atoms. The van der Waals surface area contributed by atoms with Crippen LogP contribution in [0.2, 0.25) is 0 Å². The Morgan fingerprint density at radius 2 is 1.95 bits per heavy atom. The molecule has 0 saturated heterocycles. The smallest absolute Gasteiger partial charge is 0.224 e. The van der Waals surface area contributed by atoms with Gasteiger partial charge in [0.2, 0.25) is 5.91 Å². The molecule has 1 amide bonds. The molecule has 1 aliphatic carbocycles. The zero-order valence-corrected chi connectivity index (χ0v) is 11.5. The Morgan fingerprint density at radius 1 is 1.16 bits per heavy atom. The van der Waals surface area contributed by atoms with Gasteiger partial charge in [-0.15, -0.1) is 0 Å². The Kier molecular flexibility index (Phi) is 5.40. The first-order chi connectivity index (χ1) is 9.29. The standard InChI is InChI=1S/C16H23NO2/c18-10-4-3-9-17-16(19)12-13-7-8-14-5-1-2-6-15(14)11-13/h7-8,11,18H,1-6,9-10,12H2,(H,17,19). The molecule has 0 fully saturated rings. The number of carbonyl (C=O) groups is 1. The summed E-state index contributed by atoms with van der Waals surface area (Å²) in [6.07, 6.45) is 6.95. The molecule has 2 N–H and O–H groups in total. The number of aliphatic hydroxyl groups excluding tert-OH is 1. The third-order valence-corrected chi connectivity index (χ3v) is 3.68. The molecule has 0 aliphatic heterocycles. The first kappa shape index (κ1) is 14.1. The highest BCUT2D eigenvalue weighted by Gasteiger charge is 2.10. The van der Waals surface area contributed by atoms with Gasteiger partial charge in [-0.3, -0.25) is 4.79 Å². The maximum atomic E-state index is 11.8. The molecule has 104 valence electrons. The average molecular weight is 261 g/mol. The molecular weight excluding hydrogens is 238 g/mol. The highest BCUT2D eigenvalue weighted by atomic mass is 16.2. The number of hydrogen-bond acceptors (Lipinski definition) is 2. The minimum atomic E-state index is 0.0775. The van der Waals surface area contributed by atoms with E-state index in [1.54, 1.807) is 0 Å². The van der Waals surface area contributed by atoms with Gasteiger partial charge in [0.05, 0.1) is 6.42 Å². The van der Waals surface area contributed by atoms with Gasteiger partial charge in [-0.2, -0.15) is 0 Å². The van der Waals surface area contributed by atoms with Crippen LogP contribution in [-0.2, 0) is 24.1 Å². The zero-order chi connectivity index (χ0) is 13.5. The third kappa shape index (κ3) is 4.35. The van der Waals surface area contributed by atoms with Crippen LogP contribution in [0.25, 0.3) is 0 Å². The van der Waals surface area contributed by atoms with Gasteiger partial charge >= 0.3 is 0 Å². The van der Waals surface area contributed by atoms with Gasteiger partial charge in [0, 0.05) is 13.2 Å².